The second-order valence-electron chi connectivity index (χ2n) is 9.51. The Morgan fingerprint density at radius 3 is 2.73 bits per heavy atom. The summed E-state index contributed by atoms with van der Waals surface area (Å²) in [4.78, 5) is 16.1. The number of benzene rings is 2. The number of hydrogen-bond acceptors (Lipinski definition) is 3. The van der Waals surface area contributed by atoms with Gasteiger partial charge in [0.1, 0.15) is 5.15 Å². The molecule has 3 aromatic rings. The van der Waals surface area contributed by atoms with E-state index in [-0.39, 0.29) is 11.3 Å². The number of carbonyl (C=O) groups excluding carboxylic acids is 1. The van der Waals surface area contributed by atoms with Gasteiger partial charge < -0.3 is 0 Å². The Balaban J connectivity index is 1.32. The molecule has 33 heavy (non-hydrogen) atoms. The van der Waals surface area contributed by atoms with Gasteiger partial charge in [0.15, 0.2) is 0 Å². The Labute approximate surface area is 199 Å². The minimum absolute atomic E-state index is 0.0784. The third-order valence-corrected chi connectivity index (χ3v) is 7.78. The van der Waals surface area contributed by atoms with Gasteiger partial charge in [0.05, 0.1) is 22.6 Å². The molecule has 1 saturated carbocycles. The largest absolute Gasteiger partial charge is 0.299 e. The van der Waals surface area contributed by atoms with E-state index in [1.165, 1.54) is 17.5 Å². The lowest BCUT2D eigenvalue weighted by Gasteiger charge is -2.38. The predicted octanol–water partition coefficient (Wildman–Crippen LogP) is 5.64. The third-order valence-electron chi connectivity index (χ3n) is 7.50. The zero-order valence-corrected chi connectivity index (χ0v) is 19.6. The van der Waals surface area contributed by atoms with E-state index in [1.54, 1.807) is 4.68 Å². The van der Waals surface area contributed by atoms with E-state index < -0.39 is 0 Å². The highest BCUT2D eigenvalue weighted by Gasteiger charge is 2.40. The predicted molar refractivity (Wildman–Crippen MR) is 132 cm³/mol. The molecular formula is C27H29ClN4O. The molecule has 5 rings (SSSR count). The highest BCUT2D eigenvalue weighted by Crippen LogP contribution is 2.40. The molecular weight excluding hydrogens is 432 g/mol. The maximum Gasteiger partial charge on any atom is 0.245 e. The molecule has 170 valence electrons. The standard InChI is InChI=1S/C27H29ClN4O/c28-25-17-22-6-2-3-7-24(22)32(25)30-26(33)27(11-4-1-5-12-27)13-15-31-14-10-21-9-8-20(18-29)16-23(21)19-31/h2-3,6-9,16-17H,1,4-5,10-15,19H2,(H,30,33). The summed E-state index contributed by atoms with van der Waals surface area (Å²) in [7, 11) is 0. The molecule has 1 aliphatic heterocycles. The first-order valence-electron chi connectivity index (χ1n) is 11.9. The number of para-hydroxylation sites is 1. The Kier molecular flexibility index (Phi) is 6.14. The Morgan fingerprint density at radius 2 is 1.91 bits per heavy atom. The van der Waals surface area contributed by atoms with Crippen molar-refractivity contribution in [1.82, 2.24) is 9.58 Å². The van der Waals surface area contributed by atoms with Crippen LogP contribution in [0.1, 0.15) is 55.2 Å². The Hall–Kier alpha value is -2.81. The summed E-state index contributed by atoms with van der Waals surface area (Å²) in [6.07, 6.45) is 7.02. The van der Waals surface area contributed by atoms with Crippen LogP contribution in [0.5, 0.6) is 0 Å². The maximum absolute atomic E-state index is 13.7. The number of fused-ring (bicyclic) bond motifs is 2. The number of rotatable bonds is 5. The summed E-state index contributed by atoms with van der Waals surface area (Å²) in [5.41, 5.74) is 7.00. The molecule has 0 atom stereocenters. The summed E-state index contributed by atoms with van der Waals surface area (Å²) in [5, 5.41) is 10.8. The topological polar surface area (TPSA) is 61.1 Å². The van der Waals surface area contributed by atoms with E-state index in [1.807, 2.05) is 42.5 Å². The molecule has 2 heterocycles. The SMILES string of the molecule is N#Cc1ccc2c(c1)CN(CCC1(C(=O)Nn3c(Cl)cc4ccccc43)CCCCC1)CC2. The first-order chi connectivity index (χ1) is 16.1. The summed E-state index contributed by atoms with van der Waals surface area (Å²) in [6.45, 7) is 2.71. The van der Waals surface area contributed by atoms with E-state index in [9.17, 15) is 10.1 Å². The van der Waals surface area contributed by atoms with Crippen molar-refractivity contribution in [2.24, 2.45) is 5.41 Å². The van der Waals surface area contributed by atoms with Crippen molar-refractivity contribution in [3.05, 3.63) is 70.4 Å². The Bertz CT molecular complexity index is 1220. The van der Waals surface area contributed by atoms with Crippen molar-refractivity contribution in [1.29, 1.82) is 5.26 Å². The third kappa shape index (κ3) is 4.38. The van der Waals surface area contributed by atoms with Crippen LogP contribution < -0.4 is 5.43 Å². The highest BCUT2D eigenvalue weighted by molar-refractivity contribution is 6.31. The quantitative estimate of drug-likeness (QED) is 0.536. The normalized spacial score (nSPS) is 17.9. The van der Waals surface area contributed by atoms with Crippen LogP contribution in [0.4, 0.5) is 0 Å². The molecule has 6 heteroatoms. The second-order valence-corrected chi connectivity index (χ2v) is 9.90. The molecule has 5 nitrogen and oxygen atoms in total. The second kappa shape index (κ2) is 9.21. The maximum atomic E-state index is 13.7. The molecule has 0 bridgehead atoms. The molecule has 2 aliphatic rings. The van der Waals surface area contributed by atoms with Crippen LogP contribution in [0.25, 0.3) is 10.9 Å². The fourth-order valence-electron chi connectivity index (χ4n) is 5.52. The number of aromatic nitrogens is 1. The molecule has 1 amide bonds. The summed E-state index contributed by atoms with van der Waals surface area (Å²) < 4.78 is 1.73. The van der Waals surface area contributed by atoms with Gasteiger partial charge in [0.2, 0.25) is 5.91 Å². The van der Waals surface area contributed by atoms with Gasteiger partial charge in [-0.15, -0.1) is 0 Å². The lowest BCUT2D eigenvalue weighted by molar-refractivity contribution is -0.129. The van der Waals surface area contributed by atoms with Gasteiger partial charge in [0.25, 0.3) is 0 Å². The van der Waals surface area contributed by atoms with Gasteiger partial charge in [-0.25, -0.2) is 4.68 Å². The van der Waals surface area contributed by atoms with Crippen molar-refractivity contribution in [2.75, 3.05) is 18.5 Å². The summed E-state index contributed by atoms with van der Waals surface area (Å²) in [5.74, 6) is 0.0784. The number of nitrogens with one attached hydrogen (secondary N) is 1. The van der Waals surface area contributed by atoms with Gasteiger partial charge in [-0.2, -0.15) is 5.26 Å². The average Bonchev–Trinajstić information content (AvgIpc) is 3.17. The van der Waals surface area contributed by atoms with Gasteiger partial charge in [-0.1, -0.05) is 55.1 Å². The van der Waals surface area contributed by atoms with Crippen molar-refractivity contribution in [2.45, 2.75) is 51.5 Å². The number of nitrogens with zero attached hydrogens (tertiary/aromatic N) is 3. The number of hydrogen-bond donors (Lipinski definition) is 1. The molecule has 0 saturated heterocycles. The van der Waals surface area contributed by atoms with Crippen LogP contribution in [0, 0.1) is 16.7 Å². The molecule has 0 radical (unpaired) electrons. The molecule has 2 aromatic carbocycles. The first-order valence-corrected chi connectivity index (χ1v) is 12.3. The molecule has 1 aliphatic carbocycles. The minimum Gasteiger partial charge on any atom is -0.299 e. The van der Waals surface area contributed by atoms with Crippen LogP contribution in [-0.2, 0) is 17.8 Å². The molecule has 1 N–H and O–H groups in total. The van der Waals surface area contributed by atoms with E-state index in [0.29, 0.717) is 5.15 Å². The zero-order chi connectivity index (χ0) is 22.8. The monoisotopic (exact) mass is 460 g/mol. The summed E-state index contributed by atoms with van der Waals surface area (Å²) in [6, 6.07) is 18.1. The molecule has 1 fully saturated rings. The average molecular weight is 461 g/mol. The van der Waals surface area contributed by atoms with Crippen LogP contribution >= 0.6 is 11.6 Å². The lowest BCUT2D eigenvalue weighted by atomic mass is 9.71. The van der Waals surface area contributed by atoms with Gasteiger partial charge in [-0.3, -0.25) is 15.1 Å². The van der Waals surface area contributed by atoms with Crippen molar-refractivity contribution >= 4 is 28.4 Å². The van der Waals surface area contributed by atoms with Crippen LogP contribution in [0.15, 0.2) is 48.5 Å². The lowest BCUT2D eigenvalue weighted by Crippen LogP contribution is -2.44. The number of amides is 1. The first kappa shape index (κ1) is 22.0. The van der Waals surface area contributed by atoms with E-state index in [0.717, 1.165) is 74.6 Å². The van der Waals surface area contributed by atoms with Gasteiger partial charge in [0, 0.05) is 18.5 Å². The number of carbonyl (C=O) groups is 1. The summed E-state index contributed by atoms with van der Waals surface area (Å²) >= 11 is 6.48. The molecule has 0 unspecified atom stereocenters. The van der Waals surface area contributed by atoms with E-state index in [4.69, 9.17) is 11.6 Å². The fourth-order valence-corrected chi connectivity index (χ4v) is 5.77. The fraction of sp³-hybridized carbons (Fsp3) is 0.407. The Morgan fingerprint density at radius 1 is 1.09 bits per heavy atom. The van der Waals surface area contributed by atoms with Gasteiger partial charge in [-0.05, 0) is 67.6 Å². The van der Waals surface area contributed by atoms with E-state index in [2.05, 4.69) is 22.5 Å². The molecule has 1 aromatic heterocycles. The van der Waals surface area contributed by atoms with Crippen molar-refractivity contribution < 1.29 is 4.79 Å². The molecule has 0 spiro atoms. The van der Waals surface area contributed by atoms with Crippen LogP contribution in [-0.4, -0.2) is 28.6 Å². The number of nitriles is 1. The number of halogens is 1. The van der Waals surface area contributed by atoms with Crippen molar-refractivity contribution in [3.63, 3.8) is 0 Å². The van der Waals surface area contributed by atoms with Crippen molar-refractivity contribution in [3.8, 4) is 6.07 Å². The van der Waals surface area contributed by atoms with Crippen LogP contribution in [0.2, 0.25) is 5.15 Å². The van der Waals surface area contributed by atoms with E-state index >= 15 is 0 Å². The minimum atomic E-state index is -0.373. The van der Waals surface area contributed by atoms with Gasteiger partial charge >= 0.3 is 0 Å². The van der Waals surface area contributed by atoms with Crippen LogP contribution in [0.3, 0.4) is 0 Å². The smallest absolute Gasteiger partial charge is 0.245 e. The zero-order valence-electron chi connectivity index (χ0n) is 18.8. The highest BCUT2D eigenvalue weighted by atomic mass is 35.5.